The Morgan fingerprint density at radius 3 is 2.33 bits per heavy atom. The standard InChI is InChI=1S/C11H12F2N2/c1-11(2,3)10-14-8-4-6(12)7(13)5-9(8)15-10/h4-5H,1-3H3,(H,14,15). The van der Waals surface area contributed by atoms with E-state index in [1.54, 1.807) is 0 Å². The largest absolute Gasteiger partial charge is 0.341 e. The average Bonchev–Trinajstić information content (AvgIpc) is 2.47. The summed E-state index contributed by atoms with van der Waals surface area (Å²) in [5.74, 6) is -0.997. The molecule has 0 fully saturated rings. The first-order chi connectivity index (χ1) is 6.88. The number of rotatable bonds is 0. The van der Waals surface area contributed by atoms with Crippen LogP contribution >= 0.6 is 0 Å². The number of aromatic nitrogens is 2. The first kappa shape index (κ1) is 10.1. The molecule has 4 heteroatoms. The Hall–Kier alpha value is -1.45. The number of hydrogen-bond acceptors (Lipinski definition) is 1. The Morgan fingerprint density at radius 1 is 1.13 bits per heavy atom. The predicted molar refractivity (Wildman–Crippen MR) is 54.7 cm³/mol. The second-order valence-corrected chi connectivity index (χ2v) is 4.62. The minimum absolute atomic E-state index is 0.161. The summed E-state index contributed by atoms with van der Waals surface area (Å²) in [6, 6.07) is 2.24. The van der Waals surface area contributed by atoms with Crippen LogP contribution in [0.1, 0.15) is 26.6 Å². The van der Waals surface area contributed by atoms with E-state index in [9.17, 15) is 8.78 Å². The van der Waals surface area contributed by atoms with Gasteiger partial charge in [-0.2, -0.15) is 0 Å². The Kier molecular flexibility index (Phi) is 2.03. The van der Waals surface area contributed by atoms with Crippen LogP contribution in [0.4, 0.5) is 8.78 Å². The van der Waals surface area contributed by atoms with Crippen LogP contribution in [-0.2, 0) is 5.41 Å². The van der Waals surface area contributed by atoms with E-state index in [0.29, 0.717) is 11.0 Å². The van der Waals surface area contributed by atoms with E-state index in [0.717, 1.165) is 18.0 Å². The molecule has 2 aromatic rings. The molecule has 1 aromatic carbocycles. The molecule has 1 heterocycles. The van der Waals surface area contributed by atoms with Gasteiger partial charge in [-0.1, -0.05) is 20.8 Å². The van der Waals surface area contributed by atoms with Crippen LogP contribution < -0.4 is 0 Å². The predicted octanol–water partition coefficient (Wildman–Crippen LogP) is 3.14. The van der Waals surface area contributed by atoms with E-state index in [-0.39, 0.29) is 5.41 Å². The Balaban J connectivity index is 2.66. The minimum Gasteiger partial charge on any atom is -0.341 e. The quantitative estimate of drug-likeness (QED) is 0.711. The van der Waals surface area contributed by atoms with E-state index < -0.39 is 11.6 Å². The summed E-state index contributed by atoms with van der Waals surface area (Å²) in [4.78, 5) is 7.21. The summed E-state index contributed by atoms with van der Waals surface area (Å²) >= 11 is 0. The van der Waals surface area contributed by atoms with E-state index in [2.05, 4.69) is 9.97 Å². The molecule has 0 spiro atoms. The van der Waals surface area contributed by atoms with Crippen LogP contribution in [0.15, 0.2) is 12.1 Å². The molecule has 1 aromatic heterocycles. The first-order valence-corrected chi connectivity index (χ1v) is 4.73. The van der Waals surface area contributed by atoms with Gasteiger partial charge in [0, 0.05) is 17.5 Å². The summed E-state index contributed by atoms with van der Waals surface area (Å²) in [5, 5.41) is 0. The molecule has 0 radical (unpaired) electrons. The van der Waals surface area contributed by atoms with Crippen LogP contribution in [0, 0.1) is 11.6 Å². The molecule has 0 aliphatic heterocycles. The van der Waals surface area contributed by atoms with Crippen molar-refractivity contribution in [2.24, 2.45) is 0 Å². The zero-order valence-electron chi connectivity index (χ0n) is 8.86. The molecular weight excluding hydrogens is 198 g/mol. The third-order valence-electron chi connectivity index (χ3n) is 2.23. The third kappa shape index (κ3) is 1.71. The highest BCUT2D eigenvalue weighted by atomic mass is 19.2. The fourth-order valence-corrected chi connectivity index (χ4v) is 1.36. The van der Waals surface area contributed by atoms with Crippen LogP contribution in [0.25, 0.3) is 11.0 Å². The molecule has 0 unspecified atom stereocenters. The number of halogens is 2. The van der Waals surface area contributed by atoms with Gasteiger partial charge in [0.25, 0.3) is 0 Å². The monoisotopic (exact) mass is 210 g/mol. The van der Waals surface area contributed by atoms with Crippen molar-refractivity contribution in [3.05, 3.63) is 29.6 Å². The normalized spacial score (nSPS) is 12.3. The summed E-state index contributed by atoms with van der Waals surface area (Å²) in [5.41, 5.74) is 0.823. The van der Waals surface area contributed by atoms with Crippen LogP contribution in [0.3, 0.4) is 0 Å². The summed E-state index contributed by atoms with van der Waals surface area (Å²) in [6.45, 7) is 5.95. The number of nitrogens with zero attached hydrogens (tertiary/aromatic N) is 1. The molecule has 2 rings (SSSR count). The van der Waals surface area contributed by atoms with Crippen molar-refractivity contribution in [3.8, 4) is 0 Å². The summed E-state index contributed by atoms with van der Waals surface area (Å²) < 4.78 is 25.9. The van der Waals surface area contributed by atoms with Crippen LogP contribution in [0.5, 0.6) is 0 Å². The molecule has 0 atom stereocenters. The van der Waals surface area contributed by atoms with Gasteiger partial charge in [0.15, 0.2) is 11.6 Å². The van der Waals surface area contributed by atoms with Gasteiger partial charge in [-0.05, 0) is 0 Å². The molecule has 0 amide bonds. The maximum absolute atomic E-state index is 12.9. The highest BCUT2D eigenvalue weighted by Gasteiger charge is 2.19. The number of aromatic amines is 1. The molecule has 0 bridgehead atoms. The summed E-state index contributed by atoms with van der Waals surface area (Å²) in [6.07, 6.45) is 0. The summed E-state index contributed by atoms with van der Waals surface area (Å²) in [7, 11) is 0. The Labute approximate surface area is 86.3 Å². The lowest BCUT2D eigenvalue weighted by Crippen LogP contribution is -2.12. The van der Waals surface area contributed by atoms with Gasteiger partial charge in [0.05, 0.1) is 11.0 Å². The van der Waals surface area contributed by atoms with E-state index in [1.807, 2.05) is 20.8 Å². The van der Waals surface area contributed by atoms with Crippen molar-refractivity contribution in [2.75, 3.05) is 0 Å². The maximum Gasteiger partial charge on any atom is 0.161 e. The lowest BCUT2D eigenvalue weighted by Gasteiger charge is -2.13. The minimum atomic E-state index is -0.866. The molecule has 0 saturated carbocycles. The van der Waals surface area contributed by atoms with Crippen molar-refractivity contribution in [1.29, 1.82) is 0 Å². The highest BCUT2D eigenvalue weighted by Crippen LogP contribution is 2.23. The maximum atomic E-state index is 12.9. The van der Waals surface area contributed by atoms with Crippen molar-refractivity contribution in [2.45, 2.75) is 26.2 Å². The van der Waals surface area contributed by atoms with Crippen molar-refractivity contribution >= 4 is 11.0 Å². The topological polar surface area (TPSA) is 28.7 Å². The molecule has 15 heavy (non-hydrogen) atoms. The molecule has 0 aliphatic rings. The molecule has 1 N–H and O–H groups in total. The van der Waals surface area contributed by atoms with Crippen molar-refractivity contribution in [1.82, 2.24) is 9.97 Å². The van der Waals surface area contributed by atoms with E-state index in [4.69, 9.17) is 0 Å². The second kappa shape index (κ2) is 3.02. The van der Waals surface area contributed by atoms with Gasteiger partial charge in [0.1, 0.15) is 5.82 Å². The lowest BCUT2D eigenvalue weighted by atomic mass is 9.96. The van der Waals surface area contributed by atoms with E-state index >= 15 is 0 Å². The molecule has 0 aliphatic carbocycles. The number of H-pyrrole nitrogens is 1. The van der Waals surface area contributed by atoms with Gasteiger partial charge >= 0.3 is 0 Å². The van der Waals surface area contributed by atoms with Gasteiger partial charge in [0.2, 0.25) is 0 Å². The molecular formula is C11H12F2N2. The van der Waals surface area contributed by atoms with Crippen molar-refractivity contribution < 1.29 is 8.78 Å². The zero-order valence-corrected chi connectivity index (χ0v) is 8.86. The van der Waals surface area contributed by atoms with E-state index in [1.165, 1.54) is 0 Å². The first-order valence-electron chi connectivity index (χ1n) is 4.73. The fraction of sp³-hybridized carbons (Fsp3) is 0.364. The number of imidazole rings is 1. The SMILES string of the molecule is CC(C)(C)c1nc2cc(F)c(F)cc2[nH]1. The van der Waals surface area contributed by atoms with Gasteiger partial charge in [-0.25, -0.2) is 13.8 Å². The third-order valence-corrected chi connectivity index (χ3v) is 2.23. The Morgan fingerprint density at radius 2 is 1.73 bits per heavy atom. The van der Waals surface area contributed by atoms with Gasteiger partial charge in [-0.3, -0.25) is 0 Å². The fourth-order valence-electron chi connectivity index (χ4n) is 1.36. The average molecular weight is 210 g/mol. The van der Waals surface area contributed by atoms with Crippen LogP contribution in [0.2, 0.25) is 0 Å². The molecule has 0 saturated heterocycles. The van der Waals surface area contributed by atoms with Crippen molar-refractivity contribution in [3.63, 3.8) is 0 Å². The lowest BCUT2D eigenvalue weighted by molar-refractivity contribution is 0.510. The number of benzene rings is 1. The second-order valence-electron chi connectivity index (χ2n) is 4.62. The Bertz CT molecular complexity index is 470. The van der Waals surface area contributed by atoms with Crippen LogP contribution in [-0.4, -0.2) is 9.97 Å². The smallest absolute Gasteiger partial charge is 0.161 e. The molecule has 2 nitrogen and oxygen atoms in total. The van der Waals surface area contributed by atoms with Gasteiger partial charge < -0.3 is 4.98 Å². The number of fused-ring (bicyclic) bond motifs is 1. The number of nitrogens with one attached hydrogen (secondary N) is 1. The van der Waals surface area contributed by atoms with Gasteiger partial charge in [-0.15, -0.1) is 0 Å². The number of hydrogen-bond donors (Lipinski definition) is 1. The zero-order chi connectivity index (χ0) is 11.2. The molecule has 80 valence electrons. The highest BCUT2D eigenvalue weighted by molar-refractivity contribution is 5.75.